The number of carbonyl (C=O) groups is 1. The highest BCUT2D eigenvalue weighted by Crippen LogP contribution is 2.35. The van der Waals surface area contributed by atoms with Gasteiger partial charge in [0.1, 0.15) is 11.4 Å². The number of amides is 1. The standard InChI is InChI=1S/C26H36N2O4S/c1-18-13-20-15-21(31-5)11-12-24(20)33-28(16-18)17-23(29)22(14-19-9-7-6-8-10-19)27-25(30)32-26(2,3)4/h6-12,15,18,22-23,29H,13-14,16-17H2,1-5H3,(H,27,30)/t18?,22-,23+/m0/s1. The Kier molecular flexibility index (Phi) is 8.68. The average molecular weight is 473 g/mol. The molecule has 0 spiro atoms. The Labute approximate surface area is 201 Å². The zero-order valence-electron chi connectivity index (χ0n) is 20.2. The smallest absolute Gasteiger partial charge is 0.407 e. The average Bonchev–Trinajstić information content (AvgIpc) is 2.89. The Morgan fingerprint density at radius 1 is 1.24 bits per heavy atom. The molecule has 1 aliphatic heterocycles. The Balaban J connectivity index is 1.73. The molecule has 0 radical (unpaired) electrons. The van der Waals surface area contributed by atoms with E-state index in [1.165, 1.54) is 10.5 Å². The highest BCUT2D eigenvalue weighted by molar-refractivity contribution is 7.97. The highest BCUT2D eigenvalue weighted by atomic mass is 32.2. The molecule has 0 fully saturated rings. The molecule has 1 aliphatic rings. The number of alkyl carbamates (subject to hydrolysis) is 1. The van der Waals surface area contributed by atoms with E-state index in [9.17, 15) is 9.90 Å². The van der Waals surface area contributed by atoms with Crippen LogP contribution in [0.3, 0.4) is 0 Å². The molecule has 0 aliphatic carbocycles. The lowest BCUT2D eigenvalue weighted by molar-refractivity contribution is 0.0402. The van der Waals surface area contributed by atoms with Crippen LogP contribution in [-0.2, 0) is 17.6 Å². The van der Waals surface area contributed by atoms with Gasteiger partial charge >= 0.3 is 6.09 Å². The van der Waals surface area contributed by atoms with Gasteiger partial charge in [0.25, 0.3) is 0 Å². The number of nitrogens with zero attached hydrogens (tertiary/aromatic N) is 1. The summed E-state index contributed by atoms with van der Waals surface area (Å²) < 4.78 is 13.0. The van der Waals surface area contributed by atoms with Crippen molar-refractivity contribution in [3.05, 3.63) is 59.7 Å². The monoisotopic (exact) mass is 472 g/mol. The number of fused-ring (bicyclic) bond motifs is 1. The van der Waals surface area contributed by atoms with Gasteiger partial charge in [-0.1, -0.05) is 37.3 Å². The summed E-state index contributed by atoms with van der Waals surface area (Å²) in [5.41, 5.74) is 1.70. The first-order valence-electron chi connectivity index (χ1n) is 11.4. The van der Waals surface area contributed by atoms with Crippen molar-refractivity contribution in [3.63, 3.8) is 0 Å². The van der Waals surface area contributed by atoms with Crippen molar-refractivity contribution < 1.29 is 19.4 Å². The third kappa shape index (κ3) is 7.95. The highest BCUT2D eigenvalue weighted by Gasteiger charge is 2.29. The fourth-order valence-corrected chi connectivity index (χ4v) is 5.18. The van der Waals surface area contributed by atoms with Gasteiger partial charge in [0, 0.05) is 18.0 Å². The van der Waals surface area contributed by atoms with Gasteiger partial charge in [-0.25, -0.2) is 9.10 Å². The molecule has 1 unspecified atom stereocenters. The summed E-state index contributed by atoms with van der Waals surface area (Å²) in [5, 5.41) is 14.1. The predicted octanol–water partition coefficient (Wildman–Crippen LogP) is 4.69. The van der Waals surface area contributed by atoms with Crippen LogP contribution in [-0.4, -0.2) is 53.5 Å². The van der Waals surface area contributed by atoms with Gasteiger partial charge in [-0.2, -0.15) is 0 Å². The minimum absolute atomic E-state index is 0.421. The number of hydrogen-bond acceptors (Lipinski definition) is 6. The zero-order valence-corrected chi connectivity index (χ0v) is 21.0. The van der Waals surface area contributed by atoms with Gasteiger partial charge in [0.05, 0.1) is 19.3 Å². The van der Waals surface area contributed by atoms with E-state index in [2.05, 4.69) is 28.7 Å². The summed E-state index contributed by atoms with van der Waals surface area (Å²) in [5.74, 6) is 1.28. The second kappa shape index (κ2) is 11.3. The van der Waals surface area contributed by atoms with Gasteiger partial charge < -0.3 is 19.9 Å². The molecule has 33 heavy (non-hydrogen) atoms. The van der Waals surface area contributed by atoms with E-state index in [-0.39, 0.29) is 0 Å². The number of ether oxygens (including phenoxy) is 2. The van der Waals surface area contributed by atoms with E-state index in [1.54, 1.807) is 19.1 Å². The lowest BCUT2D eigenvalue weighted by Crippen LogP contribution is -2.50. The van der Waals surface area contributed by atoms with E-state index in [4.69, 9.17) is 9.47 Å². The quantitative estimate of drug-likeness (QED) is 0.570. The van der Waals surface area contributed by atoms with E-state index in [0.29, 0.717) is 18.9 Å². The van der Waals surface area contributed by atoms with E-state index >= 15 is 0 Å². The van der Waals surface area contributed by atoms with E-state index in [1.807, 2.05) is 57.2 Å². The van der Waals surface area contributed by atoms with Crippen LogP contribution in [0.1, 0.15) is 38.8 Å². The first-order chi connectivity index (χ1) is 15.6. The van der Waals surface area contributed by atoms with Crippen molar-refractivity contribution in [2.45, 2.75) is 63.2 Å². The van der Waals surface area contributed by atoms with Crippen LogP contribution < -0.4 is 10.1 Å². The summed E-state index contributed by atoms with van der Waals surface area (Å²) in [6.07, 6.45) is 0.188. The Bertz CT molecular complexity index is 916. The van der Waals surface area contributed by atoms with Crippen molar-refractivity contribution in [2.24, 2.45) is 5.92 Å². The third-order valence-electron chi connectivity index (χ3n) is 5.43. The second-order valence-electron chi connectivity index (χ2n) is 9.73. The van der Waals surface area contributed by atoms with Crippen molar-refractivity contribution >= 4 is 18.0 Å². The molecule has 2 aromatic rings. The van der Waals surface area contributed by atoms with Crippen molar-refractivity contribution in [3.8, 4) is 5.75 Å². The lowest BCUT2D eigenvalue weighted by Gasteiger charge is -2.30. The van der Waals surface area contributed by atoms with Crippen LogP contribution in [0, 0.1) is 5.92 Å². The predicted molar refractivity (Wildman–Crippen MR) is 133 cm³/mol. The molecular formula is C26H36N2O4S. The molecular weight excluding hydrogens is 436 g/mol. The minimum Gasteiger partial charge on any atom is -0.497 e. The van der Waals surface area contributed by atoms with Crippen LogP contribution >= 0.6 is 11.9 Å². The number of methoxy groups -OCH3 is 1. The Hall–Kier alpha value is -2.22. The number of aliphatic hydroxyl groups excluding tert-OH is 1. The van der Waals surface area contributed by atoms with Gasteiger partial charge in [0.2, 0.25) is 0 Å². The minimum atomic E-state index is -0.766. The molecule has 3 rings (SSSR count). The largest absolute Gasteiger partial charge is 0.497 e. The number of aliphatic hydroxyl groups is 1. The maximum Gasteiger partial charge on any atom is 0.407 e. The van der Waals surface area contributed by atoms with E-state index < -0.39 is 23.8 Å². The molecule has 0 aromatic heterocycles. The normalized spacial score (nSPS) is 18.5. The number of rotatable bonds is 7. The molecule has 0 bridgehead atoms. The number of hydrogen-bond donors (Lipinski definition) is 2. The summed E-state index contributed by atoms with van der Waals surface area (Å²) >= 11 is 1.66. The number of β-amino-alcohol motifs (C(OH)–C–C–N with tert-alkyl or cyclic N) is 1. The molecule has 180 valence electrons. The first-order valence-corrected chi connectivity index (χ1v) is 12.2. The summed E-state index contributed by atoms with van der Waals surface area (Å²) in [7, 11) is 1.68. The van der Waals surface area contributed by atoms with Gasteiger partial charge in [-0.3, -0.25) is 0 Å². The molecule has 3 atom stereocenters. The lowest BCUT2D eigenvalue weighted by atomic mass is 9.99. The fourth-order valence-electron chi connectivity index (χ4n) is 3.95. The number of carbonyl (C=O) groups excluding carboxylic acids is 1. The van der Waals surface area contributed by atoms with Crippen molar-refractivity contribution in [2.75, 3.05) is 20.2 Å². The van der Waals surface area contributed by atoms with Crippen LogP contribution in [0.2, 0.25) is 0 Å². The first kappa shape index (κ1) is 25.4. The van der Waals surface area contributed by atoms with E-state index in [0.717, 1.165) is 24.3 Å². The summed E-state index contributed by atoms with van der Waals surface area (Å²) in [6, 6.07) is 15.6. The van der Waals surface area contributed by atoms with Crippen molar-refractivity contribution in [1.82, 2.24) is 9.62 Å². The van der Waals surface area contributed by atoms with Gasteiger partial charge in [-0.05, 0) is 80.8 Å². The molecule has 1 heterocycles. The van der Waals surface area contributed by atoms with Crippen LogP contribution in [0.25, 0.3) is 0 Å². The second-order valence-corrected chi connectivity index (χ2v) is 10.9. The third-order valence-corrected chi connectivity index (χ3v) is 6.59. The maximum absolute atomic E-state index is 12.5. The summed E-state index contributed by atoms with van der Waals surface area (Å²) in [4.78, 5) is 13.7. The fraction of sp³-hybridized carbons (Fsp3) is 0.500. The van der Waals surface area contributed by atoms with Crippen LogP contribution in [0.4, 0.5) is 4.79 Å². The number of benzene rings is 2. The SMILES string of the molecule is COc1ccc2c(c1)CC(C)CN(C[C@@H](O)[C@H](Cc1ccccc1)NC(=O)OC(C)(C)C)S2. The van der Waals surface area contributed by atoms with Crippen LogP contribution in [0.15, 0.2) is 53.4 Å². The zero-order chi connectivity index (χ0) is 24.0. The van der Waals surface area contributed by atoms with Gasteiger partial charge in [0.15, 0.2) is 0 Å². The van der Waals surface area contributed by atoms with Gasteiger partial charge in [-0.15, -0.1) is 0 Å². The molecule has 0 saturated heterocycles. The molecule has 7 heteroatoms. The molecule has 6 nitrogen and oxygen atoms in total. The Morgan fingerprint density at radius 2 is 1.97 bits per heavy atom. The van der Waals surface area contributed by atoms with Crippen molar-refractivity contribution in [1.29, 1.82) is 0 Å². The topological polar surface area (TPSA) is 71.0 Å². The molecule has 2 N–H and O–H groups in total. The Morgan fingerprint density at radius 3 is 2.64 bits per heavy atom. The molecule has 2 aromatic carbocycles. The molecule has 0 saturated carbocycles. The molecule has 1 amide bonds. The number of nitrogens with one attached hydrogen (secondary N) is 1. The van der Waals surface area contributed by atoms with Crippen LogP contribution in [0.5, 0.6) is 5.75 Å². The summed E-state index contributed by atoms with van der Waals surface area (Å²) in [6.45, 7) is 8.97. The maximum atomic E-state index is 12.5.